The van der Waals surface area contributed by atoms with Gasteiger partial charge >= 0.3 is 11.6 Å². The Morgan fingerprint density at radius 2 is 1.96 bits per heavy atom. The average Bonchev–Trinajstić information content (AvgIpc) is 3.14. The summed E-state index contributed by atoms with van der Waals surface area (Å²) in [6, 6.07) is 11.8. The van der Waals surface area contributed by atoms with Gasteiger partial charge in [0.15, 0.2) is 11.5 Å². The van der Waals surface area contributed by atoms with E-state index in [0.717, 1.165) is 0 Å². The van der Waals surface area contributed by atoms with Crippen LogP contribution in [0.15, 0.2) is 51.7 Å². The highest BCUT2D eigenvalue weighted by molar-refractivity contribution is 5.84. The van der Waals surface area contributed by atoms with E-state index in [4.69, 9.17) is 18.6 Å². The predicted molar refractivity (Wildman–Crippen MR) is 95.2 cm³/mol. The van der Waals surface area contributed by atoms with Gasteiger partial charge in [0, 0.05) is 5.92 Å². The van der Waals surface area contributed by atoms with E-state index in [9.17, 15) is 14.7 Å². The van der Waals surface area contributed by atoms with Gasteiger partial charge in [0.05, 0.1) is 24.5 Å². The summed E-state index contributed by atoms with van der Waals surface area (Å²) in [4.78, 5) is 24.6. The highest BCUT2D eigenvalue weighted by Crippen LogP contribution is 2.40. The van der Waals surface area contributed by atoms with E-state index in [-0.39, 0.29) is 30.1 Å². The number of ether oxygens (including phenoxy) is 3. The maximum atomic E-state index is 12.6. The molecular formula is C20H16O7. The second-order valence-electron chi connectivity index (χ2n) is 6.09. The standard InChI is InChI=1S/C20H16O7/c1-24-17(21)9-13(11-6-7-15-16(8-11)26-10-25-15)18-19(22)12-4-2-3-5-14(12)27-20(18)23/h2-8,13,22H,9-10H2,1H3/t13-/m0/s1. The molecule has 138 valence electrons. The molecule has 7 heteroatoms. The molecule has 1 atom stereocenters. The number of methoxy groups -OCH3 is 1. The van der Waals surface area contributed by atoms with Crippen molar-refractivity contribution in [1.29, 1.82) is 0 Å². The number of hydrogen-bond donors (Lipinski definition) is 1. The molecule has 0 fully saturated rings. The first-order valence-corrected chi connectivity index (χ1v) is 8.29. The zero-order valence-corrected chi connectivity index (χ0v) is 14.4. The van der Waals surface area contributed by atoms with Crippen molar-refractivity contribution in [3.05, 3.63) is 64.0 Å². The molecule has 27 heavy (non-hydrogen) atoms. The molecule has 1 aliphatic heterocycles. The van der Waals surface area contributed by atoms with Crippen LogP contribution in [0.25, 0.3) is 11.0 Å². The second-order valence-corrected chi connectivity index (χ2v) is 6.09. The van der Waals surface area contributed by atoms with Crippen LogP contribution in [0.3, 0.4) is 0 Å². The number of carbonyl (C=O) groups is 1. The van der Waals surface area contributed by atoms with E-state index in [0.29, 0.717) is 22.4 Å². The first-order valence-electron chi connectivity index (χ1n) is 8.29. The van der Waals surface area contributed by atoms with Crippen molar-refractivity contribution in [2.24, 2.45) is 0 Å². The maximum Gasteiger partial charge on any atom is 0.343 e. The summed E-state index contributed by atoms with van der Waals surface area (Å²) in [7, 11) is 1.27. The van der Waals surface area contributed by atoms with Crippen molar-refractivity contribution in [1.82, 2.24) is 0 Å². The molecule has 1 N–H and O–H groups in total. The molecule has 0 aliphatic carbocycles. The van der Waals surface area contributed by atoms with E-state index in [1.54, 1.807) is 42.5 Å². The zero-order valence-electron chi connectivity index (χ0n) is 14.4. The van der Waals surface area contributed by atoms with E-state index >= 15 is 0 Å². The lowest BCUT2D eigenvalue weighted by Crippen LogP contribution is -2.18. The third-order valence-electron chi connectivity index (χ3n) is 4.57. The quantitative estimate of drug-likeness (QED) is 0.559. The van der Waals surface area contributed by atoms with Crippen molar-refractivity contribution in [3.63, 3.8) is 0 Å². The van der Waals surface area contributed by atoms with Crippen molar-refractivity contribution < 1.29 is 28.5 Å². The van der Waals surface area contributed by atoms with Crippen molar-refractivity contribution in [2.45, 2.75) is 12.3 Å². The lowest BCUT2D eigenvalue weighted by molar-refractivity contribution is -0.140. The fraction of sp³-hybridized carbons (Fsp3) is 0.200. The number of rotatable bonds is 4. The number of hydrogen-bond acceptors (Lipinski definition) is 7. The smallest absolute Gasteiger partial charge is 0.343 e. The van der Waals surface area contributed by atoms with Gasteiger partial charge in [-0.25, -0.2) is 4.79 Å². The van der Waals surface area contributed by atoms with E-state index < -0.39 is 17.5 Å². The van der Waals surface area contributed by atoms with Gasteiger partial charge in [-0.2, -0.15) is 0 Å². The number of benzene rings is 2. The summed E-state index contributed by atoms with van der Waals surface area (Å²) in [5, 5.41) is 11.2. The molecule has 0 amide bonds. The molecule has 0 saturated carbocycles. The Morgan fingerprint density at radius 3 is 2.78 bits per heavy atom. The van der Waals surface area contributed by atoms with Crippen LogP contribution in [0.2, 0.25) is 0 Å². The Balaban J connectivity index is 1.90. The van der Waals surface area contributed by atoms with Crippen LogP contribution in [-0.4, -0.2) is 25.0 Å². The molecular weight excluding hydrogens is 352 g/mol. The molecule has 0 spiro atoms. The Morgan fingerprint density at radius 1 is 1.19 bits per heavy atom. The summed E-state index contributed by atoms with van der Waals surface area (Å²) < 4.78 is 20.8. The minimum absolute atomic E-state index is 0.00188. The van der Waals surface area contributed by atoms with Gasteiger partial charge in [-0.3, -0.25) is 4.79 Å². The normalized spacial score (nSPS) is 13.5. The fourth-order valence-electron chi connectivity index (χ4n) is 3.22. The molecule has 1 aliphatic rings. The average molecular weight is 368 g/mol. The predicted octanol–water partition coefficient (Wildman–Crippen LogP) is 2.92. The summed E-state index contributed by atoms with van der Waals surface area (Å²) in [6.07, 6.45) is -0.146. The summed E-state index contributed by atoms with van der Waals surface area (Å²) >= 11 is 0. The van der Waals surface area contributed by atoms with Crippen molar-refractivity contribution in [3.8, 4) is 17.2 Å². The monoisotopic (exact) mass is 368 g/mol. The van der Waals surface area contributed by atoms with Crippen LogP contribution in [0.1, 0.15) is 23.5 Å². The Labute approximate surface area is 153 Å². The zero-order chi connectivity index (χ0) is 19.0. The topological polar surface area (TPSA) is 95.2 Å². The number of aromatic hydroxyl groups is 1. The fourth-order valence-corrected chi connectivity index (χ4v) is 3.22. The van der Waals surface area contributed by atoms with Crippen LogP contribution in [0.4, 0.5) is 0 Å². The van der Waals surface area contributed by atoms with Crippen molar-refractivity contribution in [2.75, 3.05) is 13.9 Å². The molecule has 0 radical (unpaired) electrons. The summed E-state index contributed by atoms with van der Waals surface area (Å²) in [5.74, 6) is -0.428. The van der Waals surface area contributed by atoms with Gasteiger partial charge in [-0.1, -0.05) is 18.2 Å². The van der Waals surface area contributed by atoms with Crippen LogP contribution < -0.4 is 15.1 Å². The molecule has 2 heterocycles. The minimum atomic E-state index is -0.771. The second kappa shape index (κ2) is 6.68. The van der Waals surface area contributed by atoms with Gasteiger partial charge in [0.25, 0.3) is 0 Å². The summed E-state index contributed by atoms with van der Waals surface area (Å²) in [6.45, 7) is 0.101. The van der Waals surface area contributed by atoms with Gasteiger partial charge in [0.1, 0.15) is 11.3 Å². The van der Waals surface area contributed by atoms with E-state index in [2.05, 4.69) is 0 Å². The molecule has 1 aromatic heterocycles. The largest absolute Gasteiger partial charge is 0.507 e. The van der Waals surface area contributed by atoms with Crippen LogP contribution in [0.5, 0.6) is 17.2 Å². The number of para-hydroxylation sites is 1. The summed E-state index contributed by atoms with van der Waals surface area (Å²) in [5.41, 5.74) is 0.157. The van der Waals surface area contributed by atoms with Crippen molar-refractivity contribution >= 4 is 16.9 Å². The first kappa shape index (κ1) is 17.0. The van der Waals surface area contributed by atoms with Gasteiger partial charge in [-0.15, -0.1) is 0 Å². The van der Waals surface area contributed by atoms with E-state index in [1.165, 1.54) is 7.11 Å². The number of fused-ring (bicyclic) bond motifs is 2. The molecule has 7 nitrogen and oxygen atoms in total. The Bertz CT molecular complexity index is 1080. The van der Waals surface area contributed by atoms with Gasteiger partial charge in [0.2, 0.25) is 6.79 Å². The van der Waals surface area contributed by atoms with E-state index in [1.807, 2.05) is 0 Å². The third kappa shape index (κ3) is 2.97. The molecule has 3 aromatic rings. The SMILES string of the molecule is COC(=O)C[C@@H](c1ccc2c(c1)OCO2)c1c(O)c2ccccc2oc1=O. The van der Waals surface area contributed by atoms with Crippen LogP contribution in [0, 0.1) is 0 Å². The molecule has 0 unspecified atom stereocenters. The van der Waals surface area contributed by atoms with Gasteiger partial charge < -0.3 is 23.7 Å². The maximum absolute atomic E-state index is 12.6. The highest BCUT2D eigenvalue weighted by Gasteiger charge is 2.28. The first-order chi connectivity index (χ1) is 13.1. The third-order valence-corrected chi connectivity index (χ3v) is 4.57. The van der Waals surface area contributed by atoms with Crippen LogP contribution >= 0.6 is 0 Å². The Hall–Kier alpha value is -3.48. The molecule has 2 aromatic carbocycles. The molecule has 0 bridgehead atoms. The number of esters is 1. The lowest BCUT2D eigenvalue weighted by atomic mass is 9.88. The van der Waals surface area contributed by atoms with Gasteiger partial charge in [-0.05, 0) is 29.8 Å². The number of carbonyl (C=O) groups excluding carboxylic acids is 1. The minimum Gasteiger partial charge on any atom is -0.507 e. The lowest BCUT2D eigenvalue weighted by Gasteiger charge is -2.18. The molecule has 0 saturated heterocycles. The highest BCUT2D eigenvalue weighted by atomic mass is 16.7. The Kier molecular flexibility index (Phi) is 4.19. The molecule has 4 rings (SSSR count). The van der Waals surface area contributed by atoms with Crippen LogP contribution in [-0.2, 0) is 9.53 Å².